The van der Waals surface area contributed by atoms with E-state index in [2.05, 4.69) is 36.5 Å². The molecule has 1 aromatic carbocycles. The van der Waals surface area contributed by atoms with Gasteiger partial charge in [0.1, 0.15) is 0 Å². The summed E-state index contributed by atoms with van der Waals surface area (Å²) in [5, 5.41) is 3.41. The fourth-order valence-corrected chi connectivity index (χ4v) is 2.56. The Bertz CT molecular complexity index is 345. The van der Waals surface area contributed by atoms with Crippen LogP contribution < -0.4 is 5.32 Å². The maximum absolute atomic E-state index is 5.82. The van der Waals surface area contributed by atoms with Crippen molar-refractivity contribution in [2.45, 2.75) is 44.8 Å². The largest absolute Gasteiger partial charge is 0.378 e. The van der Waals surface area contributed by atoms with Gasteiger partial charge in [0.05, 0.1) is 6.10 Å². The Morgan fingerprint density at radius 1 is 1.41 bits per heavy atom. The van der Waals surface area contributed by atoms with Gasteiger partial charge in [-0.15, -0.1) is 0 Å². The number of nitrogens with one attached hydrogen (secondary N) is 1. The minimum Gasteiger partial charge on any atom is -0.378 e. The van der Waals surface area contributed by atoms with Crippen molar-refractivity contribution in [2.24, 2.45) is 0 Å². The van der Waals surface area contributed by atoms with E-state index in [-0.39, 0.29) is 0 Å². The Hall–Kier alpha value is -0.860. The lowest BCUT2D eigenvalue weighted by molar-refractivity contribution is 0.00548. The van der Waals surface area contributed by atoms with Crippen LogP contribution in [0.3, 0.4) is 0 Å². The van der Waals surface area contributed by atoms with Crippen LogP contribution in [0.4, 0.5) is 0 Å². The average molecular weight is 233 g/mol. The van der Waals surface area contributed by atoms with Gasteiger partial charge in [-0.2, -0.15) is 0 Å². The number of aryl methyl sites for hydroxylation is 1. The van der Waals surface area contributed by atoms with Gasteiger partial charge in [0.25, 0.3) is 0 Å². The number of hydrogen-bond acceptors (Lipinski definition) is 2. The third-order valence-corrected chi connectivity index (χ3v) is 3.57. The number of benzene rings is 1. The Morgan fingerprint density at radius 2 is 2.29 bits per heavy atom. The molecule has 0 bridgehead atoms. The lowest BCUT2D eigenvalue weighted by Crippen LogP contribution is -2.26. The van der Waals surface area contributed by atoms with Gasteiger partial charge >= 0.3 is 0 Å². The van der Waals surface area contributed by atoms with Gasteiger partial charge < -0.3 is 10.1 Å². The molecule has 2 heteroatoms. The predicted molar refractivity (Wildman–Crippen MR) is 71.2 cm³/mol. The van der Waals surface area contributed by atoms with E-state index in [1.807, 2.05) is 7.05 Å². The van der Waals surface area contributed by atoms with Crippen LogP contribution in [0.2, 0.25) is 0 Å². The lowest BCUT2D eigenvalue weighted by atomic mass is 9.96. The van der Waals surface area contributed by atoms with Gasteiger partial charge in [0, 0.05) is 12.6 Å². The fourth-order valence-electron chi connectivity index (χ4n) is 2.56. The molecule has 0 radical (unpaired) electrons. The molecule has 1 fully saturated rings. The number of ether oxygens (including phenoxy) is 1. The summed E-state index contributed by atoms with van der Waals surface area (Å²) in [4.78, 5) is 0. The smallest absolute Gasteiger partial charge is 0.0593 e. The molecular weight excluding hydrogens is 210 g/mol. The van der Waals surface area contributed by atoms with Crippen LogP contribution in [0.5, 0.6) is 0 Å². The van der Waals surface area contributed by atoms with Crippen LogP contribution >= 0.6 is 0 Å². The molecule has 1 aliphatic heterocycles. The highest BCUT2D eigenvalue weighted by atomic mass is 16.5. The molecule has 0 amide bonds. The van der Waals surface area contributed by atoms with Crippen LogP contribution in [0.15, 0.2) is 24.3 Å². The summed E-state index contributed by atoms with van der Waals surface area (Å²) in [6.45, 7) is 3.09. The first kappa shape index (κ1) is 12.6. The van der Waals surface area contributed by atoms with Gasteiger partial charge in [-0.1, -0.05) is 29.8 Å². The van der Waals surface area contributed by atoms with Crippen LogP contribution in [0, 0.1) is 6.92 Å². The third kappa shape index (κ3) is 3.55. The predicted octanol–water partition coefficient (Wildman–Crippen LogP) is 3.21. The van der Waals surface area contributed by atoms with Crippen molar-refractivity contribution in [2.75, 3.05) is 13.7 Å². The van der Waals surface area contributed by atoms with Crippen molar-refractivity contribution in [1.82, 2.24) is 5.32 Å². The monoisotopic (exact) mass is 233 g/mol. The molecule has 1 heterocycles. The quantitative estimate of drug-likeness (QED) is 0.862. The van der Waals surface area contributed by atoms with Crippen molar-refractivity contribution < 1.29 is 4.74 Å². The molecule has 1 aliphatic rings. The Balaban J connectivity index is 2.00. The maximum Gasteiger partial charge on any atom is 0.0593 e. The zero-order valence-corrected chi connectivity index (χ0v) is 10.9. The van der Waals surface area contributed by atoms with E-state index in [1.54, 1.807) is 0 Å². The summed E-state index contributed by atoms with van der Waals surface area (Å²) in [6.07, 6.45) is 5.27. The van der Waals surface area contributed by atoms with Crippen LogP contribution in [0.1, 0.15) is 42.9 Å². The zero-order valence-electron chi connectivity index (χ0n) is 10.9. The molecule has 1 saturated heterocycles. The van der Waals surface area contributed by atoms with E-state index in [4.69, 9.17) is 4.74 Å². The van der Waals surface area contributed by atoms with Crippen LogP contribution in [-0.2, 0) is 4.74 Å². The van der Waals surface area contributed by atoms with Crippen molar-refractivity contribution in [3.05, 3.63) is 35.4 Å². The van der Waals surface area contributed by atoms with E-state index in [1.165, 1.54) is 30.4 Å². The molecule has 0 aliphatic carbocycles. The SMILES string of the molecule is CNC(CC1CCCCO1)c1cccc(C)c1. The van der Waals surface area contributed by atoms with Crippen molar-refractivity contribution in [3.63, 3.8) is 0 Å². The summed E-state index contributed by atoms with van der Waals surface area (Å²) in [6, 6.07) is 9.17. The molecule has 2 nitrogen and oxygen atoms in total. The molecule has 1 aromatic rings. The molecule has 1 N–H and O–H groups in total. The van der Waals surface area contributed by atoms with E-state index in [0.29, 0.717) is 12.1 Å². The zero-order chi connectivity index (χ0) is 12.1. The summed E-state index contributed by atoms with van der Waals surface area (Å²) < 4.78 is 5.82. The molecule has 2 unspecified atom stereocenters. The minimum atomic E-state index is 0.415. The molecule has 0 saturated carbocycles. The minimum absolute atomic E-state index is 0.415. The maximum atomic E-state index is 5.82. The number of hydrogen-bond donors (Lipinski definition) is 1. The molecule has 94 valence electrons. The molecule has 17 heavy (non-hydrogen) atoms. The van der Waals surface area contributed by atoms with E-state index in [9.17, 15) is 0 Å². The summed E-state index contributed by atoms with van der Waals surface area (Å²) >= 11 is 0. The molecular formula is C15H23NO. The molecule has 0 aromatic heterocycles. The van der Waals surface area contributed by atoms with Gasteiger partial charge in [0.15, 0.2) is 0 Å². The standard InChI is InChI=1S/C15H23NO/c1-12-6-5-7-13(10-12)15(16-2)11-14-8-3-4-9-17-14/h5-7,10,14-16H,3-4,8-9,11H2,1-2H3. The lowest BCUT2D eigenvalue weighted by Gasteiger charge is -2.27. The summed E-state index contributed by atoms with van der Waals surface area (Å²) in [5.41, 5.74) is 2.70. The van der Waals surface area contributed by atoms with Crippen molar-refractivity contribution in [3.8, 4) is 0 Å². The summed E-state index contributed by atoms with van der Waals surface area (Å²) in [5.74, 6) is 0. The fraction of sp³-hybridized carbons (Fsp3) is 0.600. The average Bonchev–Trinajstić information content (AvgIpc) is 2.37. The normalized spacial score (nSPS) is 22.4. The van der Waals surface area contributed by atoms with Crippen LogP contribution in [-0.4, -0.2) is 19.8 Å². The number of rotatable bonds is 4. The summed E-state index contributed by atoms with van der Waals surface area (Å²) in [7, 11) is 2.04. The van der Waals surface area contributed by atoms with E-state index in [0.717, 1.165) is 13.0 Å². The van der Waals surface area contributed by atoms with Crippen LogP contribution in [0.25, 0.3) is 0 Å². The Kier molecular flexibility index (Phi) is 4.57. The van der Waals surface area contributed by atoms with Gasteiger partial charge in [-0.05, 0) is 45.2 Å². The first-order valence-electron chi connectivity index (χ1n) is 6.65. The highest BCUT2D eigenvalue weighted by molar-refractivity contribution is 5.25. The van der Waals surface area contributed by atoms with Gasteiger partial charge in [-0.25, -0.2) is 0 Å². The second-order valence-electron chi connectivity index (χ2n) is 4.98. The Morgan fingerprint density at radius 3 is 2.94 bits per heavy atom. The second-order valence-corrected chi connectivity index (χ2v) is 4.98. The first-order chi connectivity index (χ1) is 8.29. The topological polar surface area (TPSA) is 21.3 Å². The molecule has 2 rings (SSSR count). The highest BCUT2D eigenvalue weighted by Crippen LogP contribution is 2.25. The highest BCUT2D eigenvalue weighted by Gasteiger charge is 2.19. The Labute approximate surface area is 104 Å². The van der Waals surface area contributed by atoms with Crippen molar-refractivity contribution >= 4 is 0 Å². The molecule has 2 atom stereocenters. The first-order valence-corrected chi connectivity index (χ1v) is 6.65. The molecule has 0 spiro atoms. The van der Waals surface area contributed by atoms with E-state index < -0.39 is 0 Å². The second kappa shape index (κ2) is 6.18. The van der Waals surface area contributed by atoms with Gasteiger partial charge in [0.2, 0.25) is 0 Å². The van der Waals surface area contributed by atoms with Gasteiger partial charge in [-0.3, -0.25) is 0 Å². The van der Waals surface area contributed by atoms with E-state index >= 15 is 0 Å². The van der Waals surface area contributed by atoms with Crippen molar-refractivity contribution in [1.29, 1.82) is 0 Å². The third-order valence-electron chi connectivity index (χ3n) is 3.57.